The zero-order valence-corrected chi connectivity index (χ0v) is 11.1. The fourth-order valence-electron chi connectivity index (χ4n) is 5.06. The van der Waals surface area contributed by atoms with Gasteiger partial charge in [-0.2, -0.15) is 0 Å². The van der Waals surface area contributed by atoms with Crippen LogP contribution in [-0.2, 0) is 9.47 Å². The predicted octanol–water partition coefficient (Wildman–Crippen LogP) is 3.75. The molecule has 2 heteroatoms. The lowest BCUT2D eigenvalue weighted by atomic mass is 9.45. The zero-order valence-electron chi connectivity index (χ0n) is 11.1. The van der Waals surface area contributed by atoms with Crippen LogP contribution in [-0.4, -0.2) is 13.2 Å². The van der Waals surface area contributed by atoms with Gasteiger partial charge >= 0.3 is 0 Å². The maximum atomic E-state index is 5.61. The highest BCUT2D eigenvalue weighted by molar-refractivity contribution is 5.06. The molecule has 0 amide bonds. The van der Waals surface area contributed by atoms with Crippen molar-refractivity contribution < 1.29 is 9.47 Å². The normalized spacial score (nSPS) is 39.3. The van der Waals surface area contributed by atoms with Crippen molar-refractivity contribution >= 4 is 0 Å². The summed E-state index contributed by atoms with van der Waals surface area (Å²) in [6.07, 6.45) is 10.2. The first-order valence-corrected chi connectivity index (χ1v) is 7.23. The summed E-state index contributed by atoms with van der Waals surface area (Å²) < 4.78 is 11.2. The van der Waals surface area contributed by atoms with Gasteiger partial charge in [-0.3, -0.25) is 0 Å². The Morgan fingerprint density at radius 2 is 1.28 bits per heavy atom. The Kier molecular flexibility index (Phi) is 3.13. The molecule has 0 aromatic heterocycles. The highest BCUT2D eigenvalue weighted by atomic mass is 16.5. The third kappa shape index (κ3) is 1.77. The van der Waals surface area contributed by atoms with Crippen LogP contribution < -0.4 is 0 Å². The number of hydrogen-bond donors (Lipinski definition) is 0. The quantitative estimate of drug-likeness (QED) is 0.666. The predicted molar refractivity (Wildman–Crippen MR) is 71.8 cm³/mol. The van der Waals surface area contributed by atoms with Crippen LogP contribution >= 0.6 is 0 Å². The minimum Gasteiger partial charge on any atom is -0.501 e. The molecule has 0 spiro atoms. The average Bonchev–Trinajstić information content (AvgIpc) is 2.37. The van der Waals surface area contributed by atoms with Gasteiger partial charge in [0.05, 0.1) is 25.7 Å². The van der Waals surface area contributed by atoms with Crippen molar-refractivity contribution in [2.24, 2.45) is 29.1 Å². The van der Waals surface area contributed by atoms with Crippen molar-refractivity contribution in [1.82, 2.24) is 0 Å². The van der Waals surface area contributed by atoms with E-state index in [1.807, 2.05) is 0 Å². The smallest absolute Gasteiger partial charge is 0.0967 e. The first-order chi connectivity index (χ1) is 8.78. The highest BCUT2D eigenvalue weighted by Gasteiger charge is 2.57. The first-order valence-electron chi connectivity index (χ1n) is 7.23. The molecule has 4 aliphatic carbocycles. The van der Waals surface area contributed by atoms with E-state index in [0.29, 0.717) is 0 Å². The second-order valence-corrected chi connectivity index (χ2v) is 6.49. The molecule has 2 nitrogen and oxygen atoms in total. The van der Waals surface area contributed by atoms with E-state index in [4.69, 9.17) is 9.47 Å². The van der Waals surface area contributed by atoms with Crippen molar-refractivity contribution in [3.63, 3.8) is 0 Å². The van der Waals surface area contributed by atoms with Crippen LogP contribution in [0.5, 0.6) is 0 Å². The van der Waals surface area contributed by atoms with Crippen molar-refractivity contribution in [2.75, 3.05) is 13.2 Å². The summed E-state index contributed by atoms with van der Waals surface area (Å²) in [5.41, 5.74) is 0.218. The molecule has 4 fully saturated rings. The van der Waals surface area contributed by atoms with E-state index in [2.05, 4.69) is 13.2 Å². The fraction of sp³-hybridized carbons (Fsp3) is 0.750. The molecule has 4 rings (SSSR count). The summed E-state index contributed by atoms with van der Waals surface area (Å²) in [5.74, 6) is 3.53. The van der Waals surface area contributed by atoms with Gasteiger partial charge < -0.3 is 9.47 Å². The van der Waals surface area contributed by atoms with Crippen molar-refractivity contribution in [3.05, 3.63) is 25.7 Å². The van der Waals surface area contributed by atoms with Crippen LogP contribution in [0.25, 0.3) is 0 Å². The van der Waals surface area contributed by atoms with Crippen LogP contribution in [0.1, 0.15) is 32.1 Å². The minimum atomic E-state index is 0.218. The summed E-state index contributed by atoms with van der Waals surface area (Å²) in [6.45, 7) is 8.94. The van der Waals surface area contributed by atoms with E-state index >= 15 is 0 Å². The van der Waals surface area contributed by atoms with Gasteiger partial charge in [-0.1, -0.05) is 13.2 Å². The Bertz CT molecular complexity index is 292. The fourth-order valence-corrected chi connectivity index (χ4v) is 5.06. The highest BCUT2D eigenvalue weighted by Crippen LogP contribution is 2.62. The third-order valence-electron chi connectivity index (χ3n) is 5.70. The molecule has 0 saturated heterocycles. The molecule has 18 heavy (non-hydrogen) atoms. The molecule has 0 atom stereocenters. The lowest BCUT2D eigenvalue weighted by molar-refractivity contribution is -0.155. The van der Waals surface area contributed by atoms with Gasteiger partial charge in [-0.05, 0) is 55.8 Å². The van der Waals surface area contributed by atoms with Crippen LogP contribution in [0.4, 0.5) is 0 Å². The lowest BCUT2D eigenvalue weighted by Crippen LogP contribution is -2.56. The van der Waals surface area contributed by atoms with Gasteiger partial charge in [0.2, 0.25) is 0 Å². The summed E-state index contributed by atoms with van der Waals surface area (Å²) >= 11 is 0. The molecule has 0 aromatic carbocycles. The molecule has 4 bridgehead atoms. The standard InChI is InChI=1S/C16H24O2/c1-3-17-10-16(11-18-4-2)14-6-12-5-13(8-14)9-15(16)7-12/h3-4,12-15H,1-2,5-11H2. The summed E-state index contributed by atoms with van der Waals surface area (Å²) in [4.78, 5) is 0. The molecule has 0 aromatic rings. The minimum absolute atomic E-state index is 0.218. The van der Waals surface area contributed by atoms with Crippen molar-refractivity contribution in [1.29, 1.82) is 0 Å². The maximum absolute atomic E-state index is 5.61. The molecule has 0 radical (unpaired) electrons. The summed E-state index contributed by atoms with van der Waals surface area (Å²) in [6, 6.07) is 0. The molecule has 0 aliphatic heterocycles. The molecule has 4 aliphatic rings. The average molecular weight is 248 g/mol. The molecule has 100 valence electrons. The Hall–Kier alpha value is -0.920. The number of ether oxygens (including phenoxy) is 2. The van der Waals surface area contributed by atoms with Gasteiger partial charge in [-0.25, -0.2) is 0 Å². The molecular weight excluding hydrogens is 224 g/mol. The monoisotopic (exact) mass is 248 g/mol. The van der Waals surface area contributed by atoms with Gasteiger partial charge in [-0.15, -0.1) is 0 Å². The van der Waals surface area contributed by atoms with Crippen LogP contribution in [0.2, 0.25) is 0 Å². The Morgan fingerprint density at radius 1 is 0.833 bits per heavy atom. The van der Waals surface area contributed by atoms with Gasteiger partial charge in [0, 0.05) is 5.41 Å². The van der Waals surface area contributed by atoms with E-state index in [1.165, 1.54) is 32.1 Å². The largest absolute Gasteiger partial charge is 0.501 e. The second-order valence-electron chi connectivity index (χ2n) is 6.49. The van der Waals surface area contributed by atoms with E-state index in [1.54, 1.807) is 12.5 Å². The molecule has 0 heterocycles. The summed E-state index contributed by atoms with van der Waals surface area (Å²) in [7, 11) is 0. The van der Waals surface area contributed by atoms with E-state index in [-0.39, 0.29) is 5.41 Å². The van der Waals surface area contributed by atoms with Gasteiger partial charge in [0.1, 0.15) is 0 Å². The number of hydrogen-bond acceptors (Lipinski definition) is 2. The van der Waals surface area contributed by atoms with Crippen molar-refractivity contribution in [2.45, 2.75) is 32.1 Å². The topological polar surface area (TPSA) is 18.5 Å². The van der Waals surface area contributed by atoms with Gasteiger partial charge in [0.15, 0.2) is 0 Å². The third-order valence-corrected chi connectivity index (χ3v) is 5.70. The first kappa shape index (κ1) is 12.1. The Balaban J connectivity index is 1.82. The van der Waals surface area contributed by atoms with Crippen LogP contribution in [0.15, 0.2) is 25.7 Å². The molecular formula is C16H24O2. The van der Waals surface area contributed by atoms with Crippen LogP contribution in [0.3, 0.4) is 0 Å². The summed E-state index contributed by atoms with van der Waals surface area (Å²) in [5, 5.41) is 0. The lowest BCUT2D eigenvalue weighted by Gasteiger charge is -2.60. The van der Waals surface area contributed by atoms with E-state index in [9.17, 15) is 0 Å². The van der Waals surface area contributed by atoms with E-state index in [0.717, 1.165) is 36.9 Å². The molecule has 0 N–H and O–H groups in total. The molecule has 4 saturated carbocycles. The maximum Gasteiger partial charge on any atom is 0.0967 e. The van der Waals surface area contributed by atoms with Crippen LogP contribution in [0, 0.1) is 29.1 Å². The zero-order chi connectivity index (χ0) is 12.6. The Labute approximate surface area is 110 Å². The van der Waals surface area contributed by atoms with Crippen molar-refractivity contribution in [3.8, 4) is 0 Å². The van der Waals surface area contributed by atoms with Gasteiger partial charge in [0.25, 0.3) is 0 Å². The van der Waals surface area contributed by atoms with E-state index < -0.39 is 0 Å². The Morgan fingerprint density at radius 3 is 1.67 bits per heavy atom. The SMILES string of the molecule is C=COCC1(COC=C)C2CC3CC(C2)CC1C3. The molecule has 0 unspecified atom stereocenters. The second kappa shape index (κ2) is 4.64. The number of rotatable bonds is 6.